The third kappa shape index (κ3) is 7.77. The van der Waals surface area contributed by atoms with E-state index in [1.165, 1.54) is 32.1 Å². The van der Waals surface area contributed by atoms with Gasteiger partial charge in [0.05, 0.1) is 0 Å². The average molecular weight is 311 g/mol. The predicted octanol–water partition coefficient (Wildman–Crippen LogP) is 3.17. The standard InChI is InChI=1S/C6H11.3ClH.Sn/c1-2-4-6-5-3-1;;;;/h1H,2-6H2;3*1H;. The fraction of sp³-hybridized carbons (Fsp3) is 1.00. The van der Waals surface area contributed by atoms with E-state index >= 15 is 0 Å². The Bertz CT molecular complexity index is 55.0. The van der Waals surface area contributed by atoms with E-state index in [2.05, 4.69) is 0 Å². The molecule has 0 unspecified atom stereocenters. The van der Waals surface area contributed by atoms with Crippen LogP contribution in [0.25, 0.3) is 0 Å². The molecule has 0 saturated heterocycles. The van der Waals surface area contributed by atoms with Gasteiger partial charge in [-0.2, -0.15) is 0 Å². The molecule has 0 bridgehead atoms. The van der Waals surface area contributed by atoms with Crippen LogP contribution >= 0.6 is 37.2 Å². The van der Waals surface area contributed by atoms with Gasteiger partial charge in [0.1, 0.15) is 0 Å². The zero-order valence-corrected chi connectivity index (χ0v) is 11.1. The molecule has 0 heterocycles. The number of rotatable bonds is 0. The Morgan fingerprint density at radius 2 is 1.20 bits per heavy atom. The zero-order valence-electron chi connectivity index (χ0n) is 5.84. The average Bonchev–Trinajstić information content (AvgIpc) is 1.69. The molecule has 1 saturated carbocycles. The van der Waals surface area contributed by atoms with E-state index in [-0.39, 0.29) is 37.2 Å². The third-order valence-electron chi connectivity index (χ3n) is 1.61. The van der Waals surface area contributed by atoms with Crippen molar-refractivity contribution in [3.8, 4) is 0 Å². The Morgan fingerprint density at radius 1 is 0.800 bits per heavy atom. The maximum absolute atomic E-state index is 1.77. The van der Waals surface area contributed by atoms with Crippen molar-refractivity contribution < 1.29 is 0 Å². The SMILES string of the molecule is Cl.Cl.Cl.[Sn][CH]1CCCCC1. The molecule has 3 radical (unpaired) electrons. The molecule has 1 aliphatic rings. The Hall–Kier alpha value is 1.67. The van der Waals surface area contributed by atoms with Crippen molar-refractivity contribution in [2.24, 2.45) is 0 Å². The molecule has 1 rings (SSSR count). The van der Waals surface area contributed by atoms with Crippen molar-refractivity contribution >= 4 is 59.7 Å². The van der Waals surface area contributed by atoms with E-state index in [9.17, 15) is 0 Å². The van der Waals surface area contributed by atoms with Gasteiger partial charge in [0.15, 0.2) is 0 Å². The van der Waals surface area contributed by atoms with E-state index in [4.69, 9.17) is 0 Å². The van der Waals surface area contributed by atoms with Crippen LogP contribution in [0.2, 0.25) is 3.93 Å². The molecule has 63 valence electrons. The van der Waals surface area contributed by atoms with Crippen molar-refractivity contribution in [2.45, 2.75) is 36.0 Å². The molecular weight excluding hydrogens is 297 g/mol. The van der Waals surface area contributed by atoms with Gasteiger partial charge in [0, 0.05) is 0 Å². The molecule has 0 atom stereocenters. The molecule has 0 aromatic heterocycles. The molecule has 0 aromatic rings. The number of hydrogen-bond donors (Lipinski definition) is 0. The molecule has 4 heteroatoms. The maximum atomic E-state index is 1.77. The molecule has 0 amide bonds. The van der Waals surface area contributed by atoms with Gasteiger partial charge in [-0.3, -0.25) is 0 Å². The van der Waals surface area contributed by atoms with Crippen LogP contribution in [-0.2, 0) is 0 Å². The minimum atomic E-state index is 0. The molecule has 0 aliphatic heterocycles. The van der Waals surface area contributed by atoms with Gasteiger partial charge < -0.3 is 0 Å². The van der Waals surface area contributed by atoms with E-state index in [1.807, 2.05) is 0 Å². The van der Waals surface area contributed by atoms with Crippen LogP contribution in [0.15, 0.2) is 0 Å². The van der Waals surface area contributed by atoms with Crippen molar-refractivity contribution in [2.75, 3.05) is 0 Å². The van der Waals surface area contributed by atoms with Crippen LogP contribution in [0, 0.1) is 0 Å². The summed E-state index contributed by atoms with van der Waals surface area (Å²) in [5.41, 5.74) is 0. The molecule has 0 N–H and O–H groups in total. The molecule has 0 aromatic carbocycles. The third-order valence-corrected chi connectivity index (χ3v) is 3.25. The van der Waals surface area contributed by atoms with Crippen LogP contribution in [0.4, 0.5) is 0 Å². The van der Waals surface area contributed by atoms with Crippen molar-refractivity contribution in [3.63, 3.8) is 0 Å². The first-order valence-electron chi connectivity index (χ1n) is 3.11. The molecule has 1 fully saturated rings. The normalized spacial score (nSPS) is 17.7. The van der Waals surface area contributed by atoms with Gasteiger partial charge in [-0.15, -0.1) is 37.2 Å². The monoisotopic (exact) mass is 311 g/mol. The van der Waals surface area contributed by atoms with Gasteiger partial charge in [-0.25, -0.2) is 0 Å². The molecule has 0 nitrogen and oxygen atoms in total. The quantitative estimate of drug-likeness (QED) is 0.603. The van der Waals surface area contributed by atoms with Crippen LogP contribution in [0.3, 0.4) is 0 Å². The summed E-state index contributed by atoms with van der Waals surface area (Å²) in [5.74, 6) is 0. The first kappa shape index (κ1) is 17.7. The first-order chi connectivity index (χ1) is 3.39. The molecule has 10 heavy (non-hydrogen) atoms. The molecule has 0 spiro atoms. The summed E-state index contributed by atoms with van der Waals surface area (Å²) >= 11 is 1.77. The number of hydrogen-bond acceptors (Lipinski definition) is 0. The van der Waals surface area contributed by atoms with Gasteiger partial charge in [-0.05, 0) is 0 Å². The van der Waals surface area contributed by atoms with Crippen molar-refractivity contribution in [1.29, 1.82) is 0 Å². The van der Waals surface area contributed by atoms with Gasteiger partial charge in [0.25, 0.3) is 0 Å². The summed E-state index contributed by atoms with van der Waals surface area (Å²) in [7, 11) is 0. The Labute approximate surface area is 95.2 Å². The second-order valence-electron chi connectivity index (χ2n) is 2.33. The van der Waals surface area contributed by atoms with Crippen molar-refractivity contribution in [3.05, 3.63) is 0 Å². The minimum absolute atomic E-state index is 0. The van der Waals surface area contributed by atoms with Gasteiger partial charge >= 0.3 is 58.6 Å². The van der Waals surface area contributed by atoms with Crippen LogP contribution in [-0.4, -0.2) is 22.5 Å². The molecular formula is C6H14Cl3Sn. The summed E-state index contributed by atoms with van der Waals surface area (Å²) in [6.07, 6.45) is 7.58. The van der Waals surface area contributed by atoms with E-state index in [0.717, 1.165) is 3.93 Å². The predicted molar refractivity (Wildman–Crippen MR) is 54.3 cm³/mol. The Kier molecular flexibility index (Phi) is 18.9. The summed E-state index contributed by atoms with van der Waals surface area (Å²) in [5, 5.41) is 0. The van der Waals surface area contributed by atoms with Gasteiger partial charge in [0.2, 0.25) is 0 Å². The van der Waals surface area contributed by atoms with Crippen LogP contribution in [0.1, 0.15) is 32.1 Å². The summed E-state index contributed by atoms with van der Waals surface area (Å²) in [6.45, 7) is 0. The van der Waals surface area contributed by atoms with E-state index in [0.29, 0.717) is 0 Å². The van der Waals surface area contributed by atoms with Gasteiger partial charge in [-0.1, -0.05) is 0 Å². The van der Waals surface area contributed by atoms with Crippen molar-refractivity contribution in [1.82, 2.24) is 0 Å². The summed E-state index contributed by atoms with van der Waals surface area (Å²) < 4.78 is 1.13. The second kappa shape index (κ2) is 10.7. The fourth-order valence-corrected chi connectivity index (χ4v) is 2.27. The topological polar surface area (TPSA) is 0 Å². The zero-order chi connectivity index (χ0) is 5.11. The first-order valence-corrected chi connectivity index (χ1v) is 4.75. The summed E-state index contributed by atoms with van der Waals surface area (Å²) in [6, 6.07) is 0. The Balaban J connectivity index is -0.000000163. The van der Waals surface area contributed by atoms with Crippen LogP contribution < -0.4 is 0 Å². The van der Waals surface area contributed by atoms with E-state index < -0.39 is 0 Å². The summed E-state index contributed by atoms with van der Waals surface area (Å²) in [4.78, 5) is 0. The molecule has 1 aliphatic carbocycles. The number of halogens is 3. The van der Waals surface area contributed by atoms with E-state index in [1.54, 1.807) is 22.5 Å². The second-order valence-corrected chi connectivity index (χ2v) is 4.67. The fourth-order valence-electron chi connectivity index (χ4n) is 1.10. The Morgan fingerprint density at radius 3 is 1.40 bits per heavy atom. The van der Waals surface area contributed by atoms with Crippen LogP contribution in [0.5, 0.6) is 0 Å².